The van der Waals surface area contributed by atoms with E-state index in [9.17, 15) is 24.3 Å². The van der Waals surface area contributed by atoms with Gasteiger partial charge in [0.25, 0.3) is 0 Å². The Labute approximate surface area is 330 Å². The van der Waals surface area contributed by atoms with E-state index in [0.29, 0.717) is 24.4 Å². The Kier molecular flexibility index (Phi) is 18.6. The lowest BCUT2D eigenvalue weighted by molar-refractivity contribution is -0.175. The Morgan fingerprint density at radius 1 is 0.852 bits per heavy atom. The first-order valence-corrected chi connectivity index (χ1v) is 24.1. The standard InChI is InChI=1S/C45H81O8P/c1-7-8-9-10-11-12-13-14-15-16-17-18-30-51-41(32-52-54(48,49)50)42(43(46)47)53-36-26-28-44(5)35(31-36)22-23-37-39-25-24-38(34(4)21-19-20-33(2)3)45(39,6)29-27-40(37)44/h22,33-34,36-42H,7-21,23-32H2,1-6H3,(H,46,47)(H2,48,49,50)/t34-,36?,37?,38-,39?,40?,41?,42?,44+,45-/m1/s1. The summed E-state index contributed by atoms with van der Waals surface area (Å²) < 4.78 is 28.8. The number of rotatable bonds is 26. The molecule has 0 aliphatic heterocycles. The van der Waals surface area contributed by atoms with Gasteiger partial charge >= 0.3 is 13.8 Å². The minimum Gasteiger partial charge on any atom is -0.479 e. The van der Waals surface area contributed by atoms with E-state index in [4.69, 9.17) is 14.0 Å². The molecule has 4 rings (SSSR count). The Bertz CT molecular complexity index is 1200. The summed E-state index contributed by atoms with van der Waals surface area (Å²) in [6.45, 7) is 14.3. The molecule has 314 valence electrons. The van der Waals surface area contributed by atoms with Gasteiger partial charge in [0.1, 0.15) is 6.10 Å². The van der Waals surface area contributed by atoms with Gasteiger partial charge in [-0.3, -0.25) is 4.52 Å². The van der Waals surface area contributed by atoms with Crippen molar-refractivity contribution in [3.8, 4) is 0 Å². The van der Waals surface area contributed by atoms with Crippen molar-refractivity contribution in [3.05, 3.63) is 11.6 Å². The number of hydrogen-bond acceptors (Lipinski definition) is 5. The van der Waals surface area contributed by atoms with Crippen molar-refractivity contribution < 1.29 is 38.3 Å². The SMILES string of the molecule is CCCCCCCCCCCCCCOC(COP(=O)(O)O)C(OC1CC[C@@]2(C)C(=CCC3C2CC[C@@]2(C)C3CC[C@@H]2[C@H](C)CCCC(C)C)C1)C(=O)O. The average molecular weight is 781 g/mol. The summed E-state index contributed by atoms with van der Waals surface area (Å²) in [5.74, 6) is 3.38. The maximum atomic E-state index is 12.6. The van der Waals surface area contributed by atoms with E-state index >= 15 is 0 Å². The first-order chi connectivity index (χ1) is 25.7. The number of hydrogen-bond donors (Lipinski definition) is 3. The zero-order valence-electron chi connectivity index (χ0n) is 35.3. The molecule has 0 amide bonds. The highest BCUT2D eigenvalue weighted by Crippen LogP contribution is 2.67. The molecule has 0 heterocycles. The van der Waals surface area contributed by atoms with Crippen LogP contribution >= 0.6 is 7.82 Å². The van der Waals surface area contributed by atoms with Crippen molar-refractivity contribution in [2.75, 3.05) is 13.2 Å². The number of fused-ring (bicyclic) bond motifs is 5. The molecule has 0 bridgehead atoms. The summed E-state index contributed by atoms with van der Waals surface area (Å²) in [6.07, 6.45) is 27.1. The second-order valence-corrected chi connectivity index (χ2v) is 20.4. The summed E-state index contributed by atoms with van der Waals surface area (Å²) in [5, 5.41) is 10.3. The number of carboxylic acids is 1. The van der Waals surface area contributed by atoms with Crippen LogP contribution in [0.4, 0.5) is 0 Å². The Balaban J connectivity index is 1.29. The van der Waals surface area contributed by atoms with Crippen molar-refractivity contribution in [3.63, 3.8) is 0 Å². The van der Waals surface area contributed by atoms with E-state index in [1.807, 2.05) is 0 Å². The molecular weight excluding hydrogens is 699 g/mol. The van der Waals surface area contributed by atoms with Gasteiger partial charge in [0, 0.05) is 6.61 Å². The zero-order chi connectivity index (χ0) is 39.4. The molecule has 9 heteroatoms. The van der Waals surface area contributed by atoms with Crippen molar-refractivity contribution in [1.29, 1.82) is 0 Å². The molecular formula is C45H81O8P. The molecule has 3 saturated carbocycles. The van der Waals surface area contributed by atoms with E-state index in [1.54, 1.807) is 0 Å². The molecule has 6 unspecified atom stereocenters. The lowest BCUT2D eigenvalue weighted by atomic mass is 9.47. The molecule has 0 spiro atoms. The summed E-state index contributed by atoms with van der Waals surface area (Å²) in [6, 6.07) is 0. The molecule has 4 aliphatic rings. The molecule has 0 aromatic rings. The van der Waals surface area contributed by atoms with Gasteiger partial charge < -0.3 is 24.4 Å². The minimum absolute atomic E-state index is 0.109. The van der Waals surface area contributed by atoms with Crippen LogP contribution in [0.1, 0.15) is 189 Å². The van der Waals surface area contributed by atoms with Gasteiger partial charge in [-0.2, -0.15) is 0 Å². The highest BCUT2D eigenvalue weighted by Gasteiger charge is 2.59. The van der Waals surface area contributed by atoms with Crippen LogP contribution in [-0.2, 0) is 23.4 Å². The Hall–Kier alpha value is -0.760. The predicted molar refractivity (Wildman–Crippen MR) is 218 cm³/mol. The number of phosphoric acid groups is 1. The summed E-state index contributed by atoms with van der Waals surface area (Å²) in [4.78, 5) is 31.5. The van der Waals surface area contributed by atoms with Gasteiger partial charge in [0.05, 0.1) is 12.7 Å². The summed E-state index contributed by atoms with van der Waals surface area (Å²) in [7, 11) is -4.82. The number of carboxylic acid groups (broad SMARTS) is 1. The van der Waals surface area contributed by atoms with Gasteiger partial charge in [0.15, 0.2) is 6.10 Å². The number of ether oxygens (including phenoxy) is 2. The van der Waals surface area contributed by atoms with Gasteiger partial charge in [-0.05, 0) is 104 Å². The maximum Gasteiger partial charge on any atom is 0.469 e. The monoisotopic (exact) mass is 781 g/mol. The Morgan fingerprint density at radius 2 is 1.50 bits per heavy atom. The van der Waals surface area contributed by atoms with Crippen LogP contribution in [0.5, 0.6) is 0 Å². The average Bonchev–Trinajstić information content (AvgIpc) is 3.47. The zero-order valence-corrected chi connectivity index (χ0v) is 36.2. The third-order valence-electron chi connectivity index (χ3n) is 14.9. The van der Waals surface area contributed by atoms with Gasteiger partial charge in [-0.25, -0.2) is 9.36 Å². The first kappa shape index (κ1) is 45.9. The van der Waals surface area contributed by atoms with Crippen molar-refractivity contribution in [2.45, 2.75) is 208 Å². The number of unbranched alkanes of at least 4 members (excludes halogenated alkanes) is 11. The first-order valence-electron chi connectivity index (χ1n) is 22.6. The van der Waals surface area contributed by atoms with Crippen LogP contribution in [0.3, 0.4) is 0 Å². The Morgan fingerprint density at radius 3 is 2.11 bits per heavy atom. The van der Waals surface area contributed by atoms with Crippen LogP contribution < -0.4 is 0 Å². The molecule has 0 aromatic heterocycles. The van der Waals surface area contributed by atoms with Crippen molar-refractivity contribution in [1.82, 2.24) is 0 Å². The third-order valence-corrected chi connectivity index (χ3v) is 15.4. The predicted octanol–water partition coefficient (Wildman–Crippen LogP) is 12.1. The number of phosphoric ester groups is 1. The largest absolute Gasteiger partial charge is 0.479 e. The molecule has 54 heavy (non-hydrogen) atoms. The van der Waals surface area contributed by atoms with E-state index in [-0.39, 0.29) is 11.5 Å². The normalized spacial score (nSPS) is 31.4. The van der Waals surface area contributed by atoms with Crippen LogP contribution in [-0.4, -0.2) is 52.4 Å². The lowest BCUT2D eigenvalue weighted by Gasteiger charge is -2.58. The second-order valence-electron chi connectivity index (χ2n) is 19.1. The molecule has 3 fully saturated rings. The minimum atomic E-state index is -4.82. The van der Waals surface area contributed by atoms with E-state index < -0.39 is 32.6 Å². The quantitative estimate of drug-likeness (QED) is 0.0450. The van der Waals surface area contributed by atoms with Crippen molar-refractivity contribution in [2.24, 2.45) is 46.3 Å². The van der Waals surface area contributed by atoms with Gasteiger partial charge in [-0.15, -0.1) is 0 Å². The molecule has 10 atom stereocenters. The molecule has 0 saturated heterocycles. The number of aliphatic carboxylic acids is 1. The van der Waals surface area contributed by atoms with E-state index in [1.165, 1.54) is 108 Å². The molecule has 0 radical (unpaired) electrons. The summed E-state index contributed by atoms with van der Waals surface area (Å²) >= 11 is 0. The topological polar surface area (TPSA) is 123 Å². The summed E-state index contributed by atoms with van der Waals surface area (Å²) in [5.41, 5.74) is 1.97. The van der Waals surface area contributed by atoms with Gasteiger partial charge in [-0.1, -0.05) is 143 Å². The maximum absolute atomic E-state index is 12.6. The van der Waals surface area contributed by atoms with E-state index in [2.05, 4.69) is 47.6 Å². The van der Waals surface area contributed by atoms with Crippen LogP contribution in [0, 0.1) is 46.3 Å². The molecule has 0 aromatic carbocycles. The number of allylic oxidation sites excluding steroid dienone is 1. The van der Waals surface area contributed by atoms with Crippen LogP contribution in [0.25, 0.3) is 0 Å². The number of carbonyl (C=O) groups is 1. The van der Waals surface area contributed by atoms with Crippen molar-refractivity contribution >= 4 is 13.8 Å². The second kappa shape index (κ2) is 21.8. The molecule has 8 nitrogen and oxygen atoms in total. The van der Waals surface area contributed by atoms with Crippen LogP contribution in [0.2, 0.25) is 0 Å². The van der Waals surface area contributed by atoms with E-state index in [0.717, 1.165) is 68.1 Å². The fourth-order valence-corrected chi connectivity index (χ4v) is 12.2. The highest BCUT2D eigenvalue weighted by molar-refractivity contribution is 7.46. The lowest BCUT2D eigenvalue weighted by Crippen LogP contribution is -2.51. The highest BCUT2D eigenvalue weighted by atomic mass is 31.2. The smallest absolute Gasteiger partial charge is 0.469 e. The third kappa shape index (κ3) is 12.9. The molecule has 4 aliphatic carbocycles. The fourth-order valence-electron chi connectivity index (χ4n) is 11.9. The molecule has 3 N–H and O–H groups in total. The fraction of sp³-hybridized carbons (Fsp3) is 0.933. The van der Waals surface area contributed by atoms with Gasteiger partial charge in [0.2, 0.25) is 0 Å². The van der Waals surface area contributed by atoms with Crippen LogP contribution in [0.15, 0.2) is 11.6 Å².